The minimum Gasteiger partial charge on any atom is -0.480 e. The van der Waals surface area contributed by atoms with E-state index in [1.165, 1.54) is 0 Å². The number of hydrogen-bond acceptors (Lipinski definition) is 4. The van der Waals surface area contributed by atoms with Crippen molar-refractivity contribution in [3.63, 3.8) is 0 Å². The highest BCUT2D eigenvalue weighted by atomic mass is 35.5. The molecule has 27 heavy (non-hydrogen) atoms. The largest absolute Gasteiger partial charge is 0.480 e. The maximum Gasteiger partial charge on any atom is 0.326 e. The molecule has 8 heteroatoms. The molecule has 0 amide bonds. The zero-order chi connectivity index (χ0) is 18.8. The van der Waals surface area contributed by atoms with E-state index in [1.807, 2.05) is 27.8 Å². The Morgan fingerprint density at radius 2 is 2.11 bits per heavy atom. The second kappa shape index (κ2) is 5.84. The van der Waals surface area contributed by atoms with Crippen molar-refractivity contribution in [1.29, 1.82) is 0 Å². The third-order valence-electron chi connectivity index (χ3n) is 5.66. The molecular weight excluding hydrogens is 387 g/mol. The fraction of sp³-hybridized carbons (Fsp3) is 0.316. The minimum atomic E-state index is -0.818. The standard InChI is InChI=1S/C19H16Cl2N4O2/c20-12-2-1-11-13(24-6-5-22-10-24)7-15(23-17(11)16(12)21)25-9-19(3-4-19)8-14(25)18(26)27/h1-2,5-7,10,14H,3-4,8-9H2,(H,26,27)/t14-/m0/s1. The topological polar surface area (TPSA) is 71.2 Å². The molecule has 1 atom stereocenters. The number of fused-ring (bicyclic) bond motifs is 1. The molecule has 1 saturated heterocycles. The molecular formula is C19H16Cl2N4O2. The molecule has 1 N–H and O–H groups in total. The summed E-state index contributed by atoms with van der Waals surface area (Å²) in [6.07, 6.45) is 8.03. The van der Waals surface area contributed by atoms with Crippen molar-refractivity contribution < 1.29 is 9.90 Å². The zero-order valence-corrected chi connectivity index (χ0v) is 15.8. The predicted molar refractivity (Wildman–Crippen MR) is 104 cm³/mol. The lowest BCUT2D eigenvalue weighted by atomic mass is 10.0. The van der Waals surface area contributed by atoms with Crippen LogP contribution in [0.1, 0.15) is 19.3 Å². The van der Waals surface area contributed by atoms with Crippen molar-refractivity contribution in [3.05, 3.63) is 47.0 Å². The van der Waals surface area contributed by atoms with Gasteiger partial charge in [-0.2, -0.15) is 0 Å². The Labute approximate surface area is 165 Å². The predicted octanol–water partition coefficient (Wildman–Crippen LogP) is 4.17. The second-order valence-corrected chi connectivity index (χ2v) is 8.20. The number of carboxylic acids is 1. The summed E-state index contributed by atoms with van der Waals surface area (Å²) in [5, 5.41) is 11.4. The van der Waals surface area contributed by atoms with Gasteiger partial charge in [-0.1, -0.05) is 23.2 Å². The van der Waals surface area contributed by atoms with E-state index < -0.39 is 12.0 Å². The molecule has 1 aromatic carbocycles. The van der Waals surface area contributed by atoms with E-state index in [1.54, 1.807) is 18.6 Å². The van der Waals surface area contributed by atoms with E-state index in [0.717, 1.165) is 23.9 Å². The molecule has 1 spiro atoms. The van der Waals surface area contributed by atoms with Crippen LogP contribution in [0.15, 0.2) is 36.9 Å². The highest BCUT2D eigenvalue weighted by Gasteiger charge is 2.54. The van der Waals surface area contributed by atoms with E-state index >= 15 is 0 Å². The van der Waals surface area contributed by atoms with Gasteiger partial charge in [0.25, 0.3) is 0 Å². The van der Waals surface area contributed by atoms with Crippen molar-refractivity contribution in [1.82, 2.24) is 14.5 Å². The van der Waals surface area contributed by atoms with Crippen molar-refractivity contribution in [3.8, 4) is 5.69 Å². The molecule has 6 nitrogen and oxygen atoms in total. The molecule has 0 unspecified atom stereocenters. The molecule has 1 saturated carbocycles. The number of hydrogen-bond donors (Lipinski definition) is 1. The van der Waals surface area contributed by atoms with Crippen LogP contribution >= 0.6 is 23.2 Å². The van der Waals surface area contributed by atoms with Crippen LogP contribution in [0.4, 0.5) is 5.82 Å². The molecule has 5 rings (SSSR count). The van der Waals surface area contributed by atoms with Gasteiger partial charge in [-0.25, -0.2) is 14.8 Å². The fourth-order valence-electron chi connectivity index (χ4n) is 4.02. The van der Waals surface area contributed by atoms with Crippen molar-refractivity contribution in [2.45, 2.75) is 25.3 Å². The molecule has 2 aromatic heterocycles. The normalized spacial score (nSPS) is 20.5. The molecule has 0 bridgehead atoms. The third kappa shape index (κ3) is 2.66. The Hall–Kier alpha value is -2.31. The SMILES string of the molecule is O=C(O)[C@@H]1CC2(CC2)CN1c1cc(-n2ccnc2)c2ccc(Cl)c(Cl)c2n1. The Bertz CT molecular complexity index is 1060. The average Bonchev–Trinajstić information content (AvgIpc) is 3.06. The van der Waals surface area contributed by atoms with Crippen LogP contribution in [0.5, 0.6) is 0 Å². The number of aromatic nitrogens is 3. The Balaban J connectivity index is 1.73. The summed E-state index contributed by atoms with van der Waals surface area (Å²) in [4.78, 5) is 22.6. The van der Waals surface area contributed by atoms with Gasteiger partial charge >= 0.3 is 5.97 Å². The number of aliphatic carboxylic acids is 1. The molecule has 1 aliphatic heterocycles. The lowest BCUT2D eigenvalue weighted by Crippen LogP contribution is -2.36. The van der Waals surface area contributed by atoms with Gasteiger partial charge in [-0.05, 0) is 36.8 Å². The number of anilines is 1. The van der Waals surface area contributed by atoms with Crippen LogP contribution < -0.4 is 4.90 Å². The molecule has 2 aliphatic rings. The number of rotatable bonds is 3. The number of carboxylic acid groups (broad SMARTS) is 1. The number of nitrogens with zero attached hydrogens (tertiary/aromatic N) is 4. The first-order valence-electron chi connectivity index (χ1n) is 8.74. The van der Waals surface area contributed by atoms with Gasteiger partial charge in [0.1, 0.15) is 11.9 Å². The summed E-state index contributed by atoms with van der Waals surface area (Å²) in [5.41, 5.74) is 1.52. The van der Waals surface area contributed by atoms with Gasteiger partial charge in [0.05, 0.1) is 27.6 Å². The number of carbonyl (C=O) groups is 1. The quantitative estimate of drug-likeness (QED) is 0.711. The number of pyridine rings is 1. The van der Waals surface area contributed by atoms with E-state index in [9.17, 15) is 9.90 Å². The third-order valence-corrected chi connectivity index (χ3v) is 6.46. The maximum absolute atomic E-state index is 11.9. The molecule has 138 valence electrons. The zero-order valence-electron chi connectivity index (χ0n) is 14.3. The number of benzene rings is 1. The average molecular weight is 403 g/mol. The first-order valence-corrected chi connectivity index (χ1v) is 9.50. The summed E-state index contributed by atoms with van der Waals surface area (Å²) in [6.45, 7) is 0.698. The summed E-state index contributed by atoms with van der Waals surface area (Å²) >= 11 is 12.7. The lowest BCUT2D eigenvalue weighted by molar-refractivity contribution is -0.138. The first kappa shape index (κ1) is 16.8. The highest BCUT2D eigenvalue weighted by Crippen LogP contribution is 2.55. The van der Waals surface area contributed by atoms with Gasteiger partial charge in [0.2, 0.25) is 0 Å². The smallest absolute Gasteiger partial charge is 0.326 e. The molecule has 0 radical (unpaired) electrons. The van der Waals surface area contributed by atoms with E-state index in [-0.39, 0.29) is 5.41 Å². The van der Waals surface area contributed by atoms with Crippen LogP contribution in [0.25, 0.3) is 16.6 Å². The molecule has 2 fully saturated rings. The fourth-order valence-corrected chi connectivity index (χ4v) is 4.38. The monoisotopic (exact) mass is 402 g/mol. The van der Waals surface area contributed by atoms with Crippen molar-refractivity contribution >= 4 is 45.9 Å². The lowest BCUT2D eigenvalue weighted by Gasteiger charge is -2.24. The minimum absolute atomic E-state index is 0.118. The van der Waals surface area contributed by atoms with Crippen LogP contribution in [-0.2, 0) is 4.79 Å². The van der Waals surface area contributed by atoms with E-state index in [2.05, 4.69) is 4.98 Å². The number of halogens is 2. The Morgan fingerprint density at radius 3 is 2.78 bits per heavy atom. The highest BCUT2D eigenvalue weighted by molar-refractivity contribution is 6.45. The van der Waals surface area contributed by atoms with Crippen LogP contribution in [0, 0.1) is 5.41 Å². The number of imidazole rings is 1. The van der Waals surface area contributed by atoms with Crippen molar-refractivity contribution in [2.24, 2.45) is 5.41 Å². The van der Waals surface area contributed by atoms with Gasteiger partial charge in [0, 0.05) is 30.4 Å². The first-order chi connectivity index (χ1) is 13.0. The van der Waals surface area contributed by atoms with Gasteiger partial charge in [0.15, 0.2) is 0 Å². The van der Waals surface area contributed by atoms with Gasteiger partial charge in [-0.15, -0.1) is 0 Å². The summed E-state index contributed by atoms with van der Waals surface area (Å²) < 4.78 is 1.87. The second-order valence-electron chi connectivity index (χ2n) is 7.41. The van der Waals surface area contributed by atoms with E-state index in [0.29, 0.717) is 34.3 Å². The maximum atomic E-state index is 11.9. The summed E-state index contributed by atoms with van der Waals surface area (Å²) in [5.74, 6) is -0.214. The molecule has 3 heterocycles. The van der Waals surface area contributed by atoms with E-state index in [4.69, 9.17) is 28.2 Å². The summed E-state index contributed by atoms with van der Waals surface area (Å²) in [6, 6.07) is 4.94. The van der Waals surface area contributed by atoms with Crippen LogP contribution in [0.2, 0.25) is 10.0 Å². The van der Waals surface area contributed by atoms with Crippen LogP contribution in [-0.4, -0.2) is 38.2 Å². The van der Waals surface area contributed by atoms with Crippen molar-refractivity contribution in [2.75, 3.05) is 11.4 Å². The van der Waals surface area contributed by atoms with Gasteiger partial charge < -0.3 is 14.6 Å². The Kier molecular flexibility index (Phi) is 3.64. The van der Waals surface area contributed by atoms with Crippen LogP contribution in [0.3, 0.4) is 0 Å². The van der Waals surface area contributed by atoms with Gasteiger partial charge in [-0.3, -0.25) is 0 Å². The summed E-state index contributed by atoms with van der Waals surface area (Å²) in [7, 11) is 0. The molecule has 3 aromatic rings. The molecule has 1 aliphatic carbocycles. The Morgan fingerprint density at radius 1 is 1.30 bits per heavy atom.